The van der Waals surface area contributed by atoms with Crippen molar-refractivity contribution in [1.82, 2.24) is 14.8 Å². The first-order valence-corrected chi connectivity index (χ1v) is 11.5. The standard InChI is InChI=1S/C24H28F3N3O2/c25-24(26,27)16-7-10-29(11-8-16)13-15-12-18-19(22-17(15)4-3-9-28-22)14-30(23(18)32)20-5-1-2-6-21(20)31/h3-4,9,12,16,20-21,31H,1-2,5-8,10-11,13-14H2. The van der Waals surface area contributed by atoms with Crippen LogP contribution in [-0.2, 0) is 13.1 Å². The number of likely N-dealkylation sites (tertiary alicyclic amines) is 1. The summed E-state index contributed by atoms with van der Waals surface area (Å²) in [6.45, 7) is 1.72. The number of carbonyl (C=O) groups is 1. The van der Waals surface area contributed by atoms with Crippen LogP contribution in [0.15, 0.2) is 24.4 Å². The minimum atomic E-state index is -4.13. The fraction of sp³-hybridized carbons (Fsp3) is 0.583. The van der Waals surface area contributed by atoms with Crippen molar-refractivity contribution in [3.63, 3.8) is 0 Å². The molecular formula is C24H28F3N3O2. The highest BCUT2D eigenvalue weighted by Gasteiger charge is 2.41. The van der Waals surface area contributed by atoms with E-state index in [1.807, 2.05) is 23.1 Å². The number of aliphatic hydroxyl groups is 1. The van der Waals surface area contributed by atoms with E-state index in [1.54, 1.807) is 11.1 Å². The number of hydrogen-bond donors (Lipinski definition) is 1. The number of aromatic nitrogens is 1. The zero-order chi connectivity index (χ0) is 22.5. The van der Waals surface area contributed by atoms with Gasteiger partial charge in [0.2, 0.25) is 0 Å². The zero-order valence-electron chi connectivity index (χ0n) is 17.9. The van der Waals surface area contributed by atoms with Crippen molar-refractivity contribution in [1.29, 1.82) is 0 Å². The van der Waals surface area contributed by atoms with Crippen LogP contribution in [0.1, 0.15) is 60.0 Å². The van der Waals surface area contributed by atoms with Gasteiger partial charge in [-0.2, -0.15) is 13.2 Å². The molecule has 1 saturated carbocycles. The summed E-state index contributed by atoms with van der Waals surface area (Å²) in [5, 5.41) is 11.4. The molecule has 2 fully saturated rings. The number of nitrogens with zero attached hydrogens (tertiary/aromatic N) is 3. The Morgan fingerprint density at radius 3 is 2.59 bits per heavy atom. The van der Waals surface area contributed by atoms with Gasteiger partial charge in [-0.1, -0.05) is 18.9 Å². The molecule has 1 saturated heterocycles. The van der Waals surface area contributed by atoms with E-state index in [2.05, 4.69) is 4.98 Å². The Labute approximate surface area is 185 Å². The average molecular weight is 448 g/mol. The Hall–Kier alpha value is -2.19. The van der Waals surface area contributed by atoms with Crippen LogP contribution < -0.4 is 0 Å². The van der Waals surface area contributed by atoms with Crippen molar-refractivity contribution in [3.05, 3.63) is 41.1 Å². The second kappa shape index (κ2) is 8.30. The van der Waals surface area contributed by atoms with Gasteiger partial charge in [-0.15, -0.1) is 0 Å². The Morgan fingerprint density at radius 2 is 1.88 bits per heavy atom. The molecule has 1 N–H and O–H groups in total. The summed E-state index contributed by atoms with van der Waals surface area (Å²) in [4.78, 5) is 21.7. The Bertz CT molecular complexity index is 1020. The monoisotopic (exact) mass is 447 g/mol. The topological polar surface area (TPSA) is 56.7 Å². The molecule has 2 unspecified atom stereocenters. The number of aliphatic hydroxyl groups excluding tert-OH is 1. The number of halogens is 3. The van der Waals surface area contributed by atoms with Crippen LogP contribution in [0.2, 0.25) is 0 Å². The highest BCUT2D eigenvalue weighted by Crippen LogP contribution is 2.37. The molecule has 1 amide bonds. The van der Waals surface area contributed by atoms with Crippen molar-refractivity contribution >= 4 is 16.8 Å². The number of alkyl halides is 3. The van der Waals surface area contributed by atoms with Crippen molar-refractivity contribution in [3.8, 4) is 0 Å². The summed E-state index contributed by atoms with van der Waals surface area (Å²) in [5.41, 5.74) is 3.22. The van der Waals surface area contributed by atoms with Gasteiger partial charge in [-0.3, -0.25) is 14.7 Å². The van der Waals surface area contributed by atoms with Gasteiger partial charge in [-0.25, -0.2) is 0 Å². The summed E-state index contributed by atoms with van der Waals surface area (Å²) in [5.74, 6) is -1.30. The first kappa shape index (κ1) is 21.6. The number of rotatable bonds is 3. The Morgan fingerprint density at radius 1 is 1.12 bits per heavy atom. The molecule has 5 rings (SSSR count). The van der Waals surface area contributed by atoms with Gasteiger partial charge in [0.05, 0.1) is 23.6 Å². The summed E-state index contributed by atoms with van der Waals surface area (Å²) >= 11 is 0. The molecular weight excluding hydrogens is 419 g/mol. The van der Waals surface area contributed by atoms with Gasteiger partial charge in [0, 0.05) is 35.8 Å². The molecule has 1 aromatic carbocycles. The van der Waals surface area contributed by atoms with Gasteiger partial charge in [0.25, 0.3) is 5.91 Å². The van der Waals surface area contributed by atoms with Crippen LogP contribution in [-0.4, -0.2) is 57.2 Å². The molecule has 5 nitrogen and oxygen atoms in total. The third-order valence-electron chi connectivity index (χ3n) is 7.44. The minimum Gasteiger partial charge on any atom is -0.391 e. The molecule has 1 aliphatic carbocycles. The summed E-state index contributed by atoms with van der Waals surface area (Å²) in [7, 11) is 0. The second-order valence-electron chi connectivity index (χ2n) is 9.41. The lowest BCUT2D eigenvalue weighted by Crippen LogP contribution is -2.45. The third-order valence-corrected chi connectivity index (χ3v) is 7.44. The molecule has 0 radical (unpaired) electrons. The molecule has 172 valence electrons. The quantitative estimate of drug-likeness (QED) is 0.764. The van der Waals surface area contributed by atoms with Crippen LogP contribution >= 0.6 is 0 Å². The summed E-state index contributed by atoms with van der Waals surface area (Å²) in [6, 6.07) is 5.57. The van der Waals surface area contributed by atoms with Crippen molar-refractivity contribution in [2.75, 3.05) is 13.1 Å². The van der Waals surface area contributed by atoms with Gasteiger partial charge in [0.1, 0.15) is 0 Å². The smallest absolute Gasteiger partial charge is 0.391 e. The number of fused-ring (bicyclic) bond motifs is 3. The maximum atomic E-state index is 13.3. The summed E-state index contributed by atoms with van der Waals surface area (Å²) < 4.78 is 39.1. The normalized spacial score (nSPS) is 25.5. The van der Waals surface area contributed by atoms with Crippen LogP contribution in [0.5, 0.6) is 0 Å². The van der Waals surface area contributed by atoms with Crippen LogP contribution in [0.25, 0.3) is 10.9 Å². The van der Waals surface area contributed by atoms with E-state index >= 15 is 0 Å². The van der Waals surface area contributed by atoms with Crippen molar-refractivity contribution in [2.45, 2.75) is 69.9 Å². The summed E-state index contributed by atoms with van der Waals surface area (Å²) in [6.07, 6.45) is 0.784. The Kier molecular flexibility index (Phi) is 5.61. The zero-order valence-corrected chi connectivity index (χ0v) is 17.9. The first-order chi connectivity index (χ1) is 15.3. The SMILES string of the molecule is O=C1c2cc(CN3CCC(C(F)(F)F)CC3)c3cccnc3c2CN1C1CCCCC1O. The molecule has 3 aliphatic rings. The molecule has 32 heavy (non-hydrogen) atoms. The minimum absolute atomic E-state index is 0.0736. The van der Waals surface area contributed by atoms with Crippen LogP contribution in [0.3, 0.4) is 0 Å². The highest BCUT2D eigenvalue weighted by atomic mass is 19.4. The molecule has 0 bridgehead atoms. The maximum Gasteiger partial charge on any atom is 0.391 e. The van der Waals surface area contributed by atoms with Gasteiger partial charge in [0.15, 0.2) is 0 Å². The van der Waals surface area contributed by atoms with Gasteiger partial charge in [-0.05, 0) is 56.5 Å². The number of piperidine rings is 1. The number of carbonyl (C=O) groups excluding carboxylic acids is 1. The lowest BCUT2D eigenvalue weighted by molar-refractivity contribution is -0.185. The van der Waals surface area contributed by atoms with Crippen molar-refractivity contribution < 1.29 is 23.1 Å². The number of amides is 1. The van der Waals surface area contributed by atoms with E-state index in [9.17, 15) is 23.1 Å². The third kappa shape index (κ3) is 3.88. The van der Waals surface area contributed by atoms with E-state index < -0.39 is 18.2 Å². The number of hydrogen-bond acceptors (Lipinski definition) is 4. The second-order valence-corrected chi connectivity index (χ2v) is 9.41. The van der Waals surface area contributed by atoms with E-state index in [-0.39, 0.29) is 24.8 Å². The lowest BCUT2D eigenvalue weighted by atomic mass is 9.91. The fourth-order valence-corrected chi connectivity index (χ4v) is 5.63. The predicted molar refractivity (Wildman–Crippen MR) is 114 cm³/mol. The van der Waals surface area contributed by atoms with Crippen molar-refractivity contribution in [2.24, 2.45) is 5.92 Å². The van der Waals surface area contributed by atoms with E-state index in [4.69, 9.17) is 0 Å². The molecule has 0 spiro atoms. The maximum absolute atomic E-state index is 13.3. The van der Waals surface area contributed by atoms with E-state index in [0.717, 1.165) is 41.3 Å². The first-order valence-electron chi connectivity index (χ1n) is 11.5. The molecule has 2 aliphatic heterocycles. The molecule has 2 aromatic rings. The van der Waals surface area contributed by atoms with Crippen LogP contribution in [0.4, 0.5) is 13.2 Å². The largest absolute Gasteiger partial charge is 0.391 e. The number of benzene rings is 1. The molecule has 3 heterocycles. The molecule has 8 heteroatoms. The van der Waals surface area contributed by atoms with E-state index in [1.165, 1.54) is 0 Å². The van der Waals surface area contributed by atoms with Gasteiger partial charge < -0.3 is 10.0 Å². The predicted octanol–water partition coefficient (Wildman–Crippen LogP) is 4.27. The Balaban J connectivity index is 1.42. The van der Waals surface area contributed by atoms with E-state index in [0.29, 0.717) is 38.2 Å². The van der Waals surface area contributed by atoms with Gasteiger partial charge >= 0.3 is 6.18 Å². The fourth-order valence-electron chi connectivity index (χ4n) is 5.63. The highest BCUT2D eigenvalue weighted by molar-refractivity contribution is 6.04. The lowest BCUT2D eigenvalue weighted by Gasteiger charge is -2.35. The molecule has 2 atom stereocenters. The number of pyridine rings is 1. The van der Waals surface area contributed by atoms with Crippen LogP contribution in [0, 0.1) is 5.92 Å². The average Bonchev–Trinajstić information content (AvgIpc) is 3.10. The molecule has 1 aromatic heterocycles.